The summed E-state index contributed by atoms with van der Waals surface area (Å²) in [6, 6.07) is -1.23. The van der Waals surface area contributed by atoms with E-state index in [-0.39, 0.29) is 13.2 Å². The van der Waals surface area contributed by atoms with E-state index in [1.165, 1.54) is 64.6 Å². The van der Waals surface area contributed by atoms with Crippen LogP contribution in [0.2, 0.25) is 0 Å². The summed E-state index contributed by atoms with van der Waals surface area (Å²) in [5, 5.41) is 1.89. The largest absolute Gasteiger partial charge is 0.471 e. The van der Waals surface area contributed by atoms with Gasteiger partial charge in [0.15, 0.2) is 12.1 Å². The standard InChI is InChI=1S/C15H22F3NO6.C12H26O/c1-5-6-22-12-9(19-13(20)15(16,17)18)11(21-4)10-8(24-12)7-23-14(2,3)25-10;1-4-6-7-8-9-11-12(13-3)10-5-2/h5,8-12H,1,6-7H2,2-4H3,(H,19,20);12H,4-11H2,1-3H3/t8-,9-,10-,11-,12+;12-/m10/s1. The van der Waals surface area contributed by atoms with Crippen molar-refractivity contribution >= 4 is 5.91 Å². The summed E-state index contributed by atoms with van der Waals surface area (Å²) in [5.41, 5.74) is 0. The van der Waals surface area contributed by atoms with Gasteiger partial charge in [-0.05, 0) is 26.7 Å². The predicted octanol–water partition coefficient (Wildman–Crippen LogP) is 5.29. The molecule has 0 aromatic carbocycles. The second-order valence-corrected chi connectivity index (χ2v) is 10.0. The van der Waals surface area contributed by atoms with Gasteiger partial charge in [0.25, 0.3) is 0 Å². The molecule has 2 aliphatic heterocycles. The molecule has 0 unspecified atom stereocenters. The number of unbranched alkanes of at least 4 members (excludes halogenated alkanes) is 4. The van der Waals surface area contributed by atoms with E-state index in [0.29, 0.717) is 6.10 Å². The van der Waals surface area contributed by atoms with Crippen LogP contribution in [0.15, 0.2) is 12.7 Å². The molecule has 0 spiro atoms. The minimum Gasteiger partial charge on any atom is -0.381 e. The zero-order valence-electron chi connectivity index (χ0n) is 23.8. The molecule has 2 aliphatic rings. The van der Waals surface area contributed by atoms with Crippen LogP contribution in [0.25, 0.3) is 0 Å². The second kappa shape index (κ2) is 17.5. The van der Waals surface area contributed by atoms with Crippen LogP contribution < -0.4 is 5.32 Å². The van der Waals surface area contributed by atoms with Crippen molar-refractivity contribution in [3.63, 3.8) is 0 Å². The highest BCUT2D eigenvalue weighted by molar-refractivity contribution is 5.82. The molecule has 0 aromatic rings. The number of fused-ring (bicyclic) bond motifs is 1. The Bertz CT molecular complexity index is 678. The SMILES string of the molecule is C=CCO[C@H]1O[C@@H]2COC(C)(C)O[C@H]2[C@H](OC)[C@H]1NC(=O)C(F)(F)F.CCCCCCC[C@H](CCC)OC. The third-order valence-electron chi connectivity index (χ3n) is 6.44. The average Bonchev–Trinajstić information content (AvgIpc) is 2.86. The molecule has 2 saturated heterocycles. The van der Waals surface area contributed by atoms with Crippen LogP contribution >= 0.6 is 0 Å². The quantitative estimate of drug-likeness (QED) is 0.230. The van der Waals surface area contributed by atoms with E-state index in [4.69, 9.17) is 28.4 Å². The van der Waals surface area contributed by atoms with E-state index in [1.807, 2.05) is 12.4 Å². The fourth-order valence-corrected chi connectivity index (χ4v) is 4.47. The Labute approximate surface area is 225 Å². The molecule has 0 aliphatic carbocycles. The van der Waals surface area contributed by atoms with Crippen molar-refractivity contribution in [2.45, 2.75) is 128 Å². The zero-order valence-corrected chi connectivity index (χ0v) is 23.8. The molecule has 6 atom stereocenters. The smallest absolute Gasteiger partial charge is 0.381 e. The highest BCUT2D eigenvalue weighted by atomic mass is 19.4. The summed E-state index contributed by atoms with van der Waals surface area (Å²) in [4.78, 5) is 11.4. The highest BCUT2D eigenvalue weighted by Gasteiger charge is 2.54. The van der Waals surface area contributed by atoms with Gasteiger partial charge in [0.1, 0.15) is 24.4 Å². The lowest BCUT2D eigenvalue weighted by Crippen LogP contribution is -2.69. The van der Waals surface area contributed by atoms with E-state index < -0.39 is 48.5 Å². The molecule has 11 heteroatoms. The molecule has 38 heavy (non-hydrogen) atoms. The number of hydrogen-bond acceptors (Lipinski definition) is 7. The molecule has 2 heterocycles. The normalized spacial score (nSPS) is 27.4. The zero-order chi connectivity index (χ0) is 28.8. The van der Waals surface area contributed by atoms with Crippen LogP contribution in [0, 0.1) is 0 Å². The highest BCUT2D eigenvalue weighted by Crippen LogP contribution is 2.34. The summed E-state index contributed by atoms with van der Waals surface area (Å²) >= 11 is 0. The minimum atomic E-state index is -5.05. The van der Waals surface area contributed by atoms with E-state index in [0.717, 1.165) is 0 Å². The van der Waals surface area contributed by atoms with Crippen LogP contribution in [-0.2, 0) is 33.2 Å². The number of alkyl halides is 3. The van der Waals surface area contributed by atoms with Crippen molar-refractivity contribution < 1.29 is 46.4 Å². The van der Waals surface area contributed by atoms with Crippen molar-refractivity contribution in [3.8, 4) is 0 Å². The maximum Gasteiger partial charge on any atom is 0.471 e. The Kier molecular flexibility index (Phi) is 16.0. The van der Waals surface area contributed by atoms with Gasteiger partial charge in [0, 0.05) is 14.2 Å². The molecule has 0 saturated carbocycles. The van der Waals surface area contributed by atoms with E-state index in [1.54, 1.807) is 13.8 Å². The maximum absolute atomic E-state index is 12.7. The van der Waals surface area contributed by atoms with Crippen LogP contribution in [0.1, 0.15) is 79.1 Å². The molecule has 2 rings (SSSR count). The molecular weight excluding hydrogens is 507 g/mol. The van der Waals surface area contributed by atoms with Gasteiger partial charge in [-0.15, -0.1) is 6.58 Å². The van der Waals surface area contributed by atoms with Gasteiger partial charge in [-0.3, -0.25) is 4.79 Å². The first kappa shape index (κ1) is 34.8. The predicted molar refractivity (Wildman–Crippen MR) is 138 cm³/mol. The van der Waals surface area contributed by atoms with Crippen molar-refractivity contribution in [2.75, 3.05) is 27.4 Å². The lowest BCUT2D eigenvalue weighted by molar-refractivity contribution is -0.370. The van der Waals surface area contributed by atoms with Gasteiger partial charge in [0.2, 0.25) is 0 Å². The Morgan fingerprint density at radius 1 is 1.13 bits per heavy atom. The van der Waals surface area contributed by atoms with Crippen LogP contribution in [0.3, 0.4) is 0 Å². The fraction of sp³-hybridized carbons (Fsp3) is 0.889. The number of nitrogens with one attached hydrogen (secondary N) is 1. The lowest BCUT2D eigenvalue weighted by atomic mass is 9.95. The average molecular weight is 556 g/mol. The summed E-state index contributed by atoms with van der Waals surface area (Å²) in [5.74, 6) is -3.07. The number of amides is 1. The monoisotopic (exact) mass is 555 g/mol. The first-order valence-corrected chi connectivity index (χ1v) is 13.6. The number of halogens is 3. The van der Waals surface area contributed by atoms with Crippen molar-refractivity contribution in [1.29, 1.82) is 0 Å². The third kappa shape index (κ3) is 11.9. The van der Waals surface area contributed by atoms with Crippen molar-refractivity contribution in [2.24, 2.45) is 0 Å². The third-order valence-corrected chi connectivity index (χ3v) is 6.44. The molecule has 1 amide bonds. The topological polar surface area (TPSA) is 84.5 Å². The van der Waals surface area contributed by atoms with Gasteiger partial charge in [-0.2, -0.15) is 13.2 Å². The van der Waals surface area contributed by atoms with E-state index in [2.05, 4.69) is 20.4 Å². The Morgan fingerprint density at radius 2 is 1.82 bits per heavy atom. The Morgan fingerprint density at radius 3 is 2.37 bits per heavy atom. The first-order valence-electron chi connectivity index (χ1n) is 13.6. The van der Waals surface area contributed by atoms with Gasteiger partial charge >= 0.3 is 12.1 Å². The van der Waals surface area contributed by atoms with Crippen LogP contribution in [0.5, 0.6) is 0 Å². The first-order chi connectivity index (χ1) is 17.9. The number of carbonyl (C=O) groups is 1. The maximum atomic E-state index is 12.7. The van der Waals surface area contributed by atoms with Crippen molar-refractivity contribution in [3.05, 3.63) is 12.7 Å². The fourth-order valence-electron chi connectivity index (χ4n) is 4.47. The number of carbonyl (C=O) groups excluding carboxylic acids is 1. The van der Waals surface area contributed by atoms with Crippen LogP contribution in [0.4, 0.5) is 13.2 Å². The number of hydrogen-bond donors (Lipinski definition) is 1. The molecule has 0 radical (unpaired) electrons. The summed E-state index contributed by atoms with van der Waals surface area (Å²) in [7, 11) is 3.16. The molecule has 0 aromatic heterocycles. The molecule has 8 nitrogen and oxygen atoms in total. The Hall–Kier alpha value is -1.24. The molecule has 1 N–H and O–H groups in total. The van der Waals surface area contributed by atoms with Gasteiger partial charge < -0.3 is 33.7 Å². The second-order valence-electron chi connectivity index (χ2n) is 10.0. The minimum absolute atomic E-state index is 0.0179. The van der Waals surface area contributed by atoms with Gasteiger partial charge in [-0.1, -0.05) is 58.4 Å². The summed E-state index contributed by atoms with van der Waals surface area (Å²) in [6.07, 6.45) is 4.01. The Balaban J connectivity index is 0.000000471. The molecule has 0 bridgehead atoms. The molecular formula is C27H48F3NO7. The number of rotatable bonds is 14. The summed E-state index contributed by atoms with van der Waals surface area (Å²) in [6.45, 7) is 11.5. The van der Waals surface area contributed by atoms with E-state index >= 15 is 0 Å². The molecule has 2 fully saturated rings. The van der Waals surface area contributed by atoms with Gasteiger partial charge in [0.05, 0.1) is 19.3 Å². The lowest BCUT2D eigenvalue weighted by Gasteiger charge is -2.50. The van der Waals surface area contributed by atoms with Crippen molar-refractivity contribution in [1.82, 2.24) is 5.32 Å². The van der Waals surface area contributed by atoms with Gasteiger partial charge in [-0.25, -0.2) is 0 Å². The van der Waals surface area contributed by atoms with Crippen LogP contribution in [-0.4, -0.2) is 82.1 Å². The van der Waals surface area contributed by atoms with E-state index in [9.17, 15) is 18.0 Å². The molecule has 224 valence electrons. The number of ether oxygens (including phenoxy) is 6. The number of methoxy groups -OCH3 is 2. The summed E-state index contributed by atoms with van der Waals surface area (Å²) < 4.78 is 71.0.